The SMILES string of the molecule is CCCCCCCCCC(=O)NN=C(CCC)CCC. The van der Waals surface area contributed by atoms with Crippen LogP contribution < -0.4 is 5.43 Å². The van der Waals surface area contributed by atoms with Crippen LogP contribution in [0.4, 0.5) is 0 Å². The summed E-state index contributed by atoms with van der Waals surface area (Å²) in [5.74, 6) is 0.0725. The molecule has 0 radical (unpaired) electrons. The van der Waals surface area contributed by atoms with Gasteiger partial charge in [0.15, 0.2) is 0 Å². The number of carbonyl (C=O) groups is 1. The van der Waals surface area contributed by atoms with Crippen LogP contribution in [0.5, 0.6) is 0 Å². The highest BCUT2D eigenvalue weighted by molar-refractivity contribution is 5.86. The Labute approximate surface area is 125 Å². The summed E-state index contributed by atoms with van der Waals surface area (Å²) in [4.78, 5) is 11.7. The van der Waals surface area contributed by atoms with Crippen molar-refractivity contribution in [2.75, 3.05) is 0 Å². The maximum Gasteiger partial charge on any atom is 0.240 e. The van der Waals surface area contributed by atoms with E-state index >= 15 is 0 Å². The summed E-state index contributed by atoms with van der Waals surface area (Å²) in [5, 5.41) is 4.26. The van der Waals surface area contributed by atoms with Crippen LogP contribution in [-0.4, -0.2) is 11.6 Å². The molecule has 20 heavy (non-hydrogen) atoms. The van der Waals surface area contributed by atoms with Crippen LogP contribution in [0.15, 0.2) is 5.10 Å². The summed E-state index contributed by atoms with van der Waals surface area (Å²) in [7, 11) is 0. The second kappa shape index (κ2) is 14.5. The van der Waals surface area contributed by atoms with E-state index in [1.54, 1.807) is 0 Å². The van der Waals surface area contributed by atoms with Crippen molar-refractivity contribution in [3.05, 3.63) is 0 Å². The Morgan fingerprint density at radius 2 is 1.30 bits per heavy atom. The molecule has 0 aliphatic heterocycles. The first-order valence-corrected chi connectivity index (χ1v) is 8.58. The topological polar surface area (TPSA) is 41.5 Å². The van der Waals surface area contributed by atoms with E-state index in [0.29, 0.717) is 6.42 Å². The lowest BCUT2D eigenvalue weighted by Gasteiger charge is -2.05. The van der Waals surface area contributed by atoms with Crippen molar-refractivity contribution in [1.82, 2.24) is 5.43 Å². The van der Waals surface area contributed by atoms with Gasteiger partial charge in [-0.25, -0.2) is 5.43 Å². The Hall–Kier alpha value is -0.860. The normalized spacial score (nSPS) is 10.3. The number of rotatable bonds is 13. The molecule has 0 aliphatic rings. The number of hydrogen-bond donors (Lipinski definition) is 1. The fourth-order valence-electron chi connectivity index (χ4n) is 2.25. The Morgan fingerprint density at radius 3 is 1.85 bits per heavy atom. The first-order valence-electron chi connectivity index (χ1n) is 8.58. The van der Waals surface area contributed by atoms with E-state index in [1.807, 2.05) is 0 Å². The van der Waals surface area contributed by atoms with Gasteiger partial charge in [-0.2, -0.15) is 5.10 Å². The van der Waals surface area contributed by atoms with Crippen molar-refractivity contribution >= 4 is 11.6 Å². The second-order valence-electron chi connectivity index (χ2n) is 5.58. The molecule has 0 atom stereocenters. The summed E-state index contributed by atoms with van der Waals surface area (Å²) < 4.78 is 0. The average molecular weight is 282 g/mol. The highest BCUT2D eigenvalue weighted by Gasteiger charge is 2.01. The van der Waals surface area contributed by atoms with Crippen LogP contribution >= 0.6 is 0 Å². The molecule has 1 N–H and O–H groups in total. The molecule has 0 unspecified atom stereocenters. The summed E-state index contributed by atoms with van der Waals surface area (Å²) in [6.07, 6.45) is 13.5. The van der Waals surface area contributed by atoms with Gasteiger partial charge in [0.2, 0.25) is 5.91 Å². The molecule has 0 bridgehead atoms. The van der Waals surface area contributed by atoms with Crippen LogP contribution in [0.1, 0.15) is 97.8 Å². The Bertz CT molecular complexity index is 254. The van der Waals surface area contributed by atoms with Crippen LogP contribution in [-0.2, 0) is 4.79 Å². The van der Waals surface area contributed by atoms with Crippen molar-refractivity contribution in [3.63, 3.8) is 0 Å². The Kier molecular flexibility index (Phi) is 13.9. The third kappa shape index (κ3) is 12.2. The molecule has 0 rings (SSSR count). The number of nitrogens with zero attached hydrogens (tertiary/aromatic N) is 1. The molecule has 0 aliphatic carbocycles. The van der Waals surface area contributed by atoms with E-state index in [1.165, 1.54) is 32.1 Å². The lowest BCUT2D eigenvalue weighted by atomic mass is 10.1. The molecular weight excluding hydrogens is 248 g/mol. The molecule has 0 spiro atoms. The predicted molar refractivity (Wildman–Crippen MR) is 88.0 cm³/mol. The highest BCUT2D eigenvalue weighted by atomic mass is 16.2. The van der Waals surface area contributed by atoms with Crippen LogP contribution in [0, 0.1) is 0 Å². The second-order valence-corrected chi connectivity index (χ2v) is 5.58. The summed E-state index contributed by atoms with van der Waals surface area (Å²) >= 11 is 0. The molecule has 3 heteroatoms. The molecule has 0 heterocycles. The van der Waals surface area contributed by atoms with E-state index < -0.39 is 0 Å². The predicted octanol–water partition coefficient (Wildman–Crippen LogP) is 5.20. The third-order valence-electron chi connectivity index (χ3n) is 3.42. The number of carbonyl (C=O) groups excluding carboxylic acids is 1. The smallest absolute Gasteiger partial charge is 0.240 e. The standard InChI is InChI=1S/C17H34N2O/c1-4-7-8-9-10-11-12-15-17(20)19-18-16(13-5-2)14-6-3/h4-15H2,1-3H3,(H,19,20). The van der Waals surface area contributed by atoms with E-state index in [2.05, 4.69) is 31.3 Å². The average Bonchev–Trinajstić information content (AvgIpc) is 2.44. The van der Waals surface area contributed by atoms with Gasteiger partial charge in [-0.1, -0.05) is 72.1 Å². The van der Waals surface area contributed by atoms with E-state index in [-0.39, 0.29) is 5.91 Å². The minimum atomic E-state index is 0.0725. The van der Waals surface area contributed by atoms with E-state index in [4.69, 9.17) is 0 Å². The fraction of sp³-hybridized carbons (Fsp3) is 0.882. The molecule has 0 fully saturated rings. The summed E-state index contributed by atoms with van der Waals surface area (Å²) in [6.45, 7) is 6.52. The van der Waals surface area contributed by atoms with Gasteiger partial charge in [-0.05, 0) is 19.3 Å². The first kappa shape index (κ1) is 19.1. The molecule has 0 aromatic rings. The van der Waals surface area contributed by atoms with Gasteiger partial charge in [-0.15, -0.1) is 0 Å². The number of hydrogen-bond acceptors (Lipinski definition) is 2. The zero-order valence-electron chi connectivity index (χ0n) is 13.8. The van der Waals surface area contributed by atoms with E-state index in [9.17, 15) is 4.79 Å². The van der Waals surface area contributed by atoms with Crippen molar-refractivity contribution < 1.29 is 4.79 Å². The Balaban J connectivity index is 3.63. The largest absolute Gasteiger partial charge is 0.273 e. The molecule has 0 saturated heterocycles. The lowest BCUT2D eigenvalue weighted by Crippen LogP contribution is -2.19. The summed E-state index contributed by atoms with van der Waals surface area (Å²) in [5.41, 5.74) is 3.84. The minimum Gasteiger partial charge on any atom is -0.273 e. The van der Waals surface area contributed by atoms with Gasteiger partial charge in [0.05, 0.1) is 0 Å². The zero-order valence-corrected chi connectivity index (χ0v) is 13.8. The maximum absolute atomic E-state index is 11.7. The highest BCUT2D eigenvalue weighted by Crippen LogP contribution is 2.08. The Morgan fingerprint density at radius 1 is 0.750 bits per heavy atom. The quantitative estimate of drug-likeness (QED) is 0.281. The zero-order chi connectivity index (χ0) is 15.1. The molecule has 118 valence electrons. The van der Waals surface area contributed by atoms with Crippen LogP contribution in [0.25, 0.3) is 0 Å². The van der Waals surface area contributed by atoms with Crippen molar-refractivity contribution in [1.29, 1.82) is 0 Å². The monoisotopic (exact) mass is 282 g/mol. The van der Waals surface area contributed by atoms with E-state index in [0.717, 1.165) is 44.2 Å². The number of unbranched alkanes of at least 4 members (excludes halogenated alkanes) is 6. The number of amides is 1. The van der Waals surface area contributed by atoms with Gasteiger partial charge in [0.25, 0.3) is 0 Å². The lowest BCUT2D eigenvalue weighted by molar-refractivity contribution is -0.121. The molecule has 0 saturated carbocycles. The molecule has 0 aromatic heterocycles. The van der Waals surface area contributed by atoms with Crippen LogP contribution in [0.3, 0.4) is 0 Å². The molecule has 0 aromatic carbocycles. The molecule has 3 nitrogen and oxygen atoms in total. The molecular formula is C17H34N2O. The van der Waals surface area contributed by atoms with Gasteiger partial charge in [0, 0.05) is 12.1 Å². The van der Waals surface area contributed by atoms with Gasteiger partial charge in [-0.3, -0.25) is 4.79 Å². The van der Waals surface area contributed by atoms with Crippen molar-refractivity contribution in [2.45, 2.75) is 97.8 Å². The summed E-state index contributed by atoms with van der Waals surface area (Å²) in [6, 6.07) is 0. The minimum absolute atomic E-state index is 0.0725. The van der Waals surface area contributed by atoms with Crippen molar-refractivity contribution in [3.8, 4) is 0 Å². The van der Waals surface area contributed by atoms with Crippen molar-refractivity contribution in [2.24, 2.45) is 5.10 Å². The van der Waals surface area contributed by atoms with Gasteiger partial charge < -0.3 is 0 Å². The maximum atomic E-state index is 11.7. The number of nitrogens with one attached hydrogen (secondary N) is 1. The van der Waals surface area contributed by atoms with Gasteiger partial charge >= 0.3 is 0 Å². The van der Waals surface area contributed by atoms with Crippen LogP contribution in [0.2, 0.25) is 0 Å². The van der Waals surface area contributed by atoms with Gasteiger partial charge in [0.1, 0.15) is 0 Å². The third-order valence-corrected chi connectivity index (χ3v) is 3.42. The molecule has 1 amide bonds. The first-order chi connectivity index (χ1) is 9.74. The fourth-order valence-corrected chi connectivity index (χ4v) is 2.25. The number of hydrazone groups is 1.